The second-order valence-electron chi connectivity index (χ2n) is 5.86. The van der Waals surface area contributed by atoms with Crippen molar-refractivity contribution in [2.24, 2.45) is 5.73 Å². The van der Waals surface area contributed by atoms with E-state index in [0.29, 0.717) is 17.8 Å². The van der Waals surface area contributed by atoms with Crippen LogP contribution in [-0.4, -0.2) is 33.7 Å². The molecule has 0 aliphatic carbocycles. The Kier molecular flexibility index (Phi) is 4.98. The minimum absolute atomic E-state index is 0.122. The van der Waals surface area contributed by atoms with E-state index in [1.165, 1.54) is 0 Å². The highest BCUT2D eigenvalue weighted by Gasteiger charge is 2.13. The average molecular weight is 349 g/mol. The van der Waals surface area contributed by atoms with Crippen LogP contribution in [0.5, 0.6) is 0 Å². The van der Waals surface area contributed by atoms with E-state index in [0.717, 1.165) is 11.3 Å². The lowest BCUT2D eigenvalue weighted by atomic mass is 10.1. The Labute approximate surface area is 151 Å². The van der Waals surface area contributed by atoms with E-state index >= 15 is 0 Å². The monoisotopic (exact) mass is 349 g/mol. The number of nitrogens with two attached hydrogens (primary N) is 1. The lowest BCUT2D eigenvalue weighted by Crippen LogP contribution is -2.26. The number of nitrogens with zero attached hydrogens (tertiary/aromatic N) is 3. The number of amides is 3. The van der Waals surface area contributed by atoms with Crippen molar-refractivity contribution in [3.63, 3.8) is 0 Å². The molecule has 1 heterocycles. The predicted molar refractivity (Wildman–Crippen MR) is 99.0 cm³/mol. The molecule has 0 radical (unpaired) electrons. The summed E-state index contributed by atoms with van der Waals surface area (Å²) < 4.78 is 1.78. The number of nitrogens with one attached hydrogen (secondary N) is 1. The predicted octanol–water partition coefficient (Wildman–Crippen LogP) is 2.64. The van der Waals surface area contributed by atoms with E-state index in [1.54, 1.807) is 47.1 Å². The van der Waals surface area contributed by atoms with Crippen LogP contribution >= 0.6 is 0 Å². The van der Waals surface area contributed by atoms with Crippen LogP contribution in [0.4, 0.5) is 10.5 Å². The maximum atomic E-state index is 12.5. The summed E-state index contributed by atoms with van der Waals surface area (Å²) in [7, 11) is 1.73. The second kappa shape index (κ2) is 7.52. The van der Waals surface area contributed by atoms with E-state index < -0.39 is 6.03 Å². The van der Waals surface area contributed by atoms with Gasteiger partial charge in [-0.25, -0.2) is 9.48 Å². The van der Waals surface area contributed by atoms with Gasteiger partial charge in [0.05, 0.1) is 11.9 Å². The van der Waals surface area contributed by atoms with Crippen LogP contribution in [0, 0.1) is 0 Å². The molecule has 1 aromatic heterocycles. The van der Waals surface area contributed by atoms with Crippen LogP contribution in [0.3, 0.4) is 0 Å². The molecule has 0 fully saturated rings. The molecule has 0 unspecified atom stereocenters. The molecule has 0 spiro atoms. The number of anilines is 1. The number of aromatic nitrogens is 2. The fourth-order valence-electron chi connectivity index (χ4n) is 2.57. The number of rotatable bonds is 5. The third kappa shape index (κ3) is 4.07. The minimum atomic E-state index is -0.642. The molecule has 7 heteroatoms. The first-order valence-corrected chi connectivity index (χ1v) is 8.04. The maximum Gasteiger partial charge on any atom is 0.316 e. The summed E-state index contributed by atoms with van der Waals surface area (Å²) in [5, 5.41) is 6.80. The van der Waals surface area contributed by atoms with Gasteiger partial charge in [0.1, 0.15) is 0 Å². The molecule has 0 aliphatic heterocycles. The van der Waals surface area contributed by atoms with Gasteiger partial charge in [-0.3, -0.25) is 4.79 Å². The smallest absolute Gasteiger partial charge is 0.316 e. The van der Waals surface area contributed by atoms with E-state index in [2.05, 4.69) is 10.4 Å². The minimum Gasteiger partial charge on any atom is -0.351 e. The number of benzene rings is 2. The highest BCUT2D eigenvalue weighted by molar-refractivity contribution is 5.95. The molecule has 0 bridgehead atoms. The number of urea groups is 1. The summed E-state index contributed by atoms with van der Waals surface area (Å²) in [4.78, 5) is 25.0. The standard InChI is InChI=1S/C19H19N5O2/c1-23(18(25)15-7-9-16(10-8-15)22-19(20)26)12-14-11-21-24(13-14)17-5-3-2-4-6-17/h2-11,13H,12H2,1H3,(H3,20,22,26). The second-order valence-corrected chi connectivity index (χ2v) is 5.86. The Morgan fingerprint density at radius 1 is 1.12 bits per heavy atom. The molecular weight excluding hydrogens is 330 g/mol. The lowest BCUT2D eigenvalue weighted by molar-refractivity contribution is 0.0785. The fraction of sp³-hybridized carbons (Fsp3) is 0.105. The zero-order chi connectivity index (χ0) is 18.5. The molecule has 3 N–H and O–H groups in total. The molecule has 7 nitrogen and oxygen atoms in total. The summed E-state index contributed by atoms with van der Waals surface area (Å²) in [6.07, 6.45) is 3.65. The van der Waals surface area contributed by atoms with Gasteiger partial charge in [-0.1, -0.05) is 18.2 Å². The van der Waals surface area contributed by atoms with Gasteiger partial charge in [-0.15, -0.1) is 0 Å². The Balaban J connectivity index is 1.66. The van der Waals surface area contributed by atoms with Gasteiger partial charge in [0.25, 0.3) is 5.91 Å². The first kappa shape index (κ1) is 17.2. The van der Waals surface area contributed by atoms with Crippen molar-refractivity contribution in [1.82, 2.24) is 14.7 Å². The topological polar surface area (TPSA) is 93.2 Å². The Bertz CT molecular complexity index is 903. The van der Waals surface area contributed by atoms with Crippen molar-refractivity contribution in [1.29, 1.82) is 0 Å². The SMILES string of the molecule is CN(Cc1cnn(-c2ccccc2)c1)C(=O)c1ccc(NC(N)=O)cc1. The van der Waals surface area contributed by atoms with Gasteiger partial charge in [-0.05, 0) is 36.4 Å². The average Bonchev–Trinajstić information content (AvgIpc) is 3.10. The molecule has 2 aromatic carbocycles. The molecule has 0 aliphatic rings. The summed E-state index contributed by atoms with van der Waals surface area (Å²) in [5.41, 5.74) is 8.03. The molecule has 3 aromatic rings. The molecule has 0 saturated heterocycles. The van der Waals surface area contributed by atoms with Gasteiger partial charge in [-0.2, -0.15) is 5.10 Å². The van der Waals surface area contributed by atoms with E-state index in [9.17, 15) is 9.59 Å². The summed E-state index contributed by atoms with van der Waals surface area (Å²) in [6.45, 7) is 0.437. The van der Waals surface area contributed by atoms with Crippen LogP contribution in [-0.2, 0) is 6.54 Å². The van der Waals surface area contributed by atoms with Crippen molar-refractivity contribution in [3.8, 4) is 5.69 Å². The Hall–Kier alpha value is -3.61. The number of carbonyl (C=O) groups is 2. The van der Waals surface area contributed by atoms with E-state index in [-0.39, 0.29) is 5.91 Å². The molecule has 0 atom stereocenters. The third-order valence-electron chi connectivity index (χ3n) is 3.82. The Morgan fingerprint density at radius 3 is 2.46 bits per heavy atom. The van der Waals surface area contributed by atoms with Gasteiger partial charge >= 0.3 is 6.03 Å². The zero-order valence-electron chi connectivity index (χ0n) is 14.3. The third-order valence-corrected chi connectivity index (χ3v) is 3.82. The van der Waals surface area contributed by atoms with E-state index in [4.69, 9.17) is 5.73 Å². The number of primary amides is 1. The van der Waals surface area contributed by atoms with Crippen molar-refractivity contribution in [2.75, 3.05) is 12.4 Å². The van der Waals surface area contributed by atoms with Gasteiger partial charge in [0.2, 0.25) is 0 Å². The van der Waals surface area contributed by atoms with Crippen molar-refractivity contribution < 1.29 is 9.59 Å². The number of carbonyl (C=O) groups excluding carboxylic acids is 2. The summed E-state index contributed by atoms with van der Waals surface area (Å²) in [6, 6.07) is 15.7. The van der Waals surface area contributed by atoms with Crippen LogP contribution in [0.25, 0.3) is 5.69 Å². The molecule has 26 heavy (non-hydrogen) atoms. The van der Waals surface area contributed by atoms with Crippen LogP contribution < -0.4 is 11.1 Å². The normalized spacial score (nSPS) is 10.3. The van der Waals surface area contributed by atoms with Crippen molar-refractivity contribution in [2.45, 2.75) is 6.54 Å². The van der Waals surface area contributed by atoms with Crippen LogP contribution in [0.1, 0.15) is 15.9 Å². The fourth-order valence-corrected chi connectivity index (χ4v) is 2.57. The van der Waals surface area contributed by atoms with Gasteiger partial charge in [0, 0.05) is 36.6 Å². The Morgan fingerprint density at radius 2 is 1.81 bits per heavy atom. The quantitative estimate of drug-likeness (QED) is 0.741. The van der Waals surface area contributed by atoms with Crippen LogP contribution in [0.2, 0.25) is 0 Å². The molecule has 3 amide bonds. The molecular formula is C19H19N5O2. The lowest BCUT2D eigenvalue weighted by Gasteiger charge is -2.16. The van der Waals surface area contributed by atoms with Gasteiger partial charge in [0.15, 0.2) is 0 Å². The number of hydrogen-bond acceptors (Lipinski definition) is 3. The highest BCUT2D eigenvalue weighted by Crippen LogP contribution is 2.13. The van der Waals surface area contributed by atoms with Crippen molar-refractivity contribution >= 4 is 17.6 Å². The van der Waals surface area contributed by atoms with Gasteiger partial charge < -0.3 is 16.0 Å². The molecule has 132 valence electrons. The first-order valence-electron chi connectivity index (χ1n) is 8.04. The first-order chi connectivity index (χ1) is 12.5. The largest absolute Gasteiger partial charge is 0.351 e. The zero-order valence-corrected chi connectivity index (χ0v) is 14.3. The molecule has 0 saturated carbocycles. The van der Waals surface area contributed by atoms with Crippen molar-refractivity contribution in [3.05, 3.63) is 78.1 Å². The molecule has 3 rings (SSSR count). The highest BCUT2D eigenvalue weighted by atomic mass is 16.2. The maximum absolute atomic E-state index is 12.5. The number of hydrogen-bond donors (Lipinski definition) is 2. The number of para-hydroxylation sites is 1. The summed E-state index contributed by atoms with van der Waals surface area (Å²) in [5.74, 6) is -0.122. The van der Waals surface area contributed by atoms with Crippen LogP contribution in [0.15, 0.2) is 67.0 Å². The summed E-state index contributed by atoms with van der Waals surface area (Å²) >= 11 is 0. The van der Waals surface area contributed by atoms with E-state index in [1.807, 2.05) is 36.5 Å².